The normalized spacial score (nSPS) is 12.0. The van der Waals surface area contributed by atoms with Gasteiger partial charge in [0, 0.05) is 46.9 Å². The van der Waals surface area contributed by atoms with Gasteiger partial charge in [0.1, 0.15) is 6.04 Å². The first-order valence-corrected chi connectivity index (χ1v) is 11.0. The molecule has 2 aromatic carbocycles. The number of methoxy groups -OCH3 is 1. The van der Waals surface area contributed by atoms with Crippen LogP contribution in [0.15, 0.2) is 59.3 Å². The number of aromatic amines is 1. The molecule has 0 aliphatic carbocycles. The average molecular weight is 486 g/mol. The Bertz CT molecular complexity index is 1300. The molecule has 4 aromatic rings. The number of nitrogens with zero attached hydrogens (tertiary/aromatic N) is 1. The highest BCUT2D eigenvalue weighted by Crippen LogP contribution is 2.30. The molecule has 1 atom stereocenters. The van der Waals surface area contributed by atoms with Crippen LogP contribution in [0.5, 0.6) is 0 Å². The van der Waals surface area contributed by atoms with Crippen molar-refractivity contribution in [3.8, 4) is 11.3 Å². The maximum absolute atomic E-state index is 12.6. The van der Waals surface area contributed by atoms with Crippen LogP contribution in [0.25, 0.3) is 22.2 Å². The molecule has 0 aliphatic heterocycles. The van der Waals surface area contributed by atoms with E-state index in [4.69, 9.17) is 32.4 Å². The van der Waals surface area contributed by atoms with Gasteiger partial charge in [-0.05, 0) is 29.8 Å². The topological polar surface area (TPSA) is 97.2 Å². The highest BCUT2D eigenvalue weighted by atomic mass is 35.5. The van der Waals surface area contributed by atoms with Gasteiger partial charge in [-0.25, -0.2) is 9.78 Å². The fraction of sp³-hybridized carbons (Fsp3) is 0.208. The van der Waals surface area contributed by atoms with Crippen LogP contribution < -0.4 is 5.32 Å². The molecule has 2 heterocycles. The Hall–Kier alpha value is -3.29. The van der Waals surface area contributed by atoms with E-state index in [-0.39, 0.29) is 18.7 Å². The van der Waals surface area contributed by atoms with Crippen molar-refractivity contribution in [3.05, 3.63) is 76.4 Å². The molecule has 0 saturated carbocycles. The van der Waals surface area contributed by atoms with Crippen LogP contribution in [0.2, 0.25) is 10.0 Å². The molecule has 4 rings (SSSR count). The van der Waals surface area contributed by atoms with Gasteiger partial charge in [-0.2, -0.15) is 0 Å². The SMILES string of the molecule is COC(=O)C(Cc1c[nH]c2ccccc12)NC(=O)CCc1ncc(-c2ccc(Cl)cc2Cl)o1. The number of H-pyrrole nitrogens is 1. The number of aryl methyl sites for hydroxylation is 1. The van der Waals surface area contributed by atoms with E-state index in [2.05, 4.69) is 15.3 Å². The third-order valence-corrected chi connectivity index (χ3v) is 5.78. The highest BCUT2D eigenvalue weighted by molar-refractivity contribution is 6.36. The molecule has 0 spiro atoms. The molecular formula is C24H21Cl2N3O4. The van der Waals surface area contributed by atoms with E-state index in [0.717, 1.165) is 16.5 Å². The maximum Gasteiger partial charge on any atom is 0.328 e. The quantitative estimate of drug-likeness (QED) is 0.343. The maximum atomic E-state index is 12.6. The number of aromatic nitrogens is 2. The number of carbonyl (C=O) groups is 2. The number of nitrogens with one attached hydrogen (secondary N) is 2. The first-order chi connectivity index (χ1) is 15.9. The van der Waals surface area contributed by atoms with Crippen LogP contribution in [0, 0.1) is 0 Å². The summed E-state index contributed by atoms with van der Waals surface area (Å²) in [5.74, 6) is 0.0511. The summed E-state index contributed by atoms with van der Waals surface area (Å²) in [5.41, 5.74) is 2.54. The van der Waals surface area contributed by atoms with Crippen molar-refractivity contribution in [2.45, 2.75) is 25.3 Å². The van der Waals surface area contributed by atoms with E-state index in [0.29, 0.717) is 33.7 Å². The van der Waals surface area contributed by atoms with Gasteiger partial charge in [0.25, 0.3) is 0 Å². The van der Waals surface area contributed by atoms with E-state index in [1.165, 1.54) is 7.11 Å². The minimum Gasteiger partial charge on any atom is -0.467 e. The Morgan fingerprint density at radius 1 is 1.21 bits per heavy atom. The lowest BCUT2D eigenvalue weighted by Gasteiger charge is -2.16. The molecule has 1 amide bonds. The number of hydrogen-bond donors (Lipinski definition) is 2. The number of rotatable bonds is 8. The number of fused-ring (bicyclic) bond motifs is 1. The number of halogens is 2. The molecular weight excluding hydrogens is 465 g/mol. The predicted octanol–water partition coefficient (Wildman–Crippen LogP) is 4.96. The number of hydrogen-bond acceptors (Lipinski definition) is 5. The lowest BCUT2D eigenvalue weighted by atomic mass is 10.0. The lowest BCUT2D eigenvalue weighted by molar-refractivity contribution is -0.145. The fourth-order valence-corrected chi connectivity index (χ4v) is 4.08. The molecule has 0 saturated heterocycles. The monoisotopic (exact) mass is 485 g/mol. The van der Waals surface area contributed by atoms with Crippen LogP contribution in [-0.4, -0.2) is 35.0 Å². The number of benzene rings is 2. The van der Waals surface area contributed by atoms with Crippen molar-refractivity contribution in [1.82, 2.24) is 15.3 Å². The van der Waals surface area contributed by atoms with Gasteiger partial charge in [0.15, 0.2) is 11.7 Å². The first kappa shape index (κ1) is 22.9. The van der Waals surface area contributed by atoms with E-state index in [1.807, 2.05) is 30.5 Å². The summed E-state index contributed by atoms with van der Waals surface area (Å²) >= 11 is 12.1. The molecule has 7 nitrogen and oxygen atoms in total. The molecule has 170 valence electrons. The van der Waals surface area contributed by atoms with Gasteiger partial charge in [-0.1, -0.05) is 41.4 Å². The second kappa shape index (κ2) is 10.1. The first-order valence-electron chi connectivity index (χ1n) is 10.3. The van der Waals surface area contributed by atoms with E-state index in [1.54, 1.807) is 24.4 Å². The third kappa shape index (κ3) is 5.38. The summed E-state index contributed by atoms with van der Waals surface area (Å²) < 4.78 is 10.6. The average Bonchev–Trinajstić information content (AvgIpc) is 3.44. The number of carbonyl (C=O) groups excluding carboxylic acids is 2. The van der Waals surface area contributed by atoms with Gasteiger partial charge < -0.3 is 19.5 Å². The zero-order chi connectivity index (χ0) is 23.4. The molecule has 1 unspecified atom stereocenters. The molecule has 33 heavy (non-hydrogen) atoms. The molecule has 9 heteroatoms. The number of oxazole rings is 1. The summed E-state index contributed by atoms with van der Waals surface area (Å²) in [4.78, 5) is 32.3. The Balaban J connectivity index is 1.39. The van der Waals surface area contributed by atoms with Crippen LogP contribution in [0.1, 0.15) is 17.9 Å². The fourth-order valence-electron chi connectivity index (χ4n) is 3.58. The van der Waals surface area contributed by atoms with E-state index in [9.17, 15) is 9.59 Å². The molecule has 0 aliphatic rings. The van der Waals surface area contributed by atoms with Crippen LogP contribution in [0.4, 0.5) is 0 Å². The van der Waals surface area contributed by atoms with E-state index < -0.39 is 12.0 Å². The Kier molecular flexibility index (Phi) is 7.01. The van der Waals surface area contributed by atoms with Gasteiger partial charge in [0.2, 0.25) is 5.91 Å². The number of ether oxygens (including phenoxy) is 1. The molecule has 0 fully saturated rings. The number of amides is 1. The van der Waals surface area contributed by atoms with Crippen LogP contribution in [0.3, 0.4) is 0 Å². The number of esters is 1. The predicted molar refractivity (Wildman–Crippen MR) is 126 cm³/mol. The summed E-state index contributed by atoms with van der Waals surface area (Å²) in [5, 5.41) is 4.72. The smallest absolute Gasteiger partial charge is 0.328 e. The van der Waals surface area contributed by atoms with Gasteiger partial charge in [0.05, 0.1) is 18.3 Å². The van der Waals surface area contributed by atoms with Crippen LogP contribution in [-0.2, 0) is 27.2 Å². The van der Waals surface area contributed by atoms with Crippen molar-refractivity contribution in [2.24, 2.45) is 0 Å². The van der Waals surface area contributed by atoms with Crippen molar-refractivity contribution < 1.29 is 18.7 Å². The largest absolute Gasteiger partial charge is 0.467 e. The van der Waals surface area contributed by atoms with Crippen molar-refractivity contribution >= 4 is 46.0 Å². The highest BCUT2D eigenvalue weighted by Gasteiger charge is 2.23. The minimum atomic E-state index is -0.810. The molecule has 0 radical (unpaired) electrons. The second-order valence-corrected chi connectivity index (χ2v) is 8.29. The van der Waals surface area contributed by atoms with Gasteiger partial charge in [-0.3, -0.25) is 4.79 Å². The van der Waals surface area contributed by atoms with Crippen molar-refractivity contribution in [3.63, 3.8) is 0 Å². The second-order valence-electron chi connectivity index (χ2n) is 7.45. The zero-order valence-electron chi connectivity index (χ0n) is 17.7. The van der Waals surface area contributed by atoms with Gasteiger partial charge >= 0.3 is 5.97 Å². The van der Waals surface area contributed by atoms with Gasteiger partial charge in [-0.15, -0.1) is 0 Å². The summed E-state index contributed by atoms with van der Waals surface area (Å²) in [7, 11) is 1.30. The summed E-state index contributed by atoms with van der Waals surface area (Å²) in [6.07, 6.45) is 4.05. The zero-order valence-corrected chi connectivity index (χ0v) is 19.2. The standard InChI is InChI=1S/C24H21Cl2N3O4/c1-32-24(31)20(10-14-12-27-19-5-3-2-4-16(14)19)29-22(30)8-9-23-28-13-21(33-23)17-7-6-15(25)11-18(17)26/h2-7,11-13,20,27H,8-10H2,1H3,(H,29,30). The minimum absolute atomic E-state index is 0.0929. The van der Waals surface area contributed by atoms with Crippen molar-refractivity contribution in [2.75, 3.05) is 7.11 Å². The Morgan fingerprint density at radius 3 is 2.82 bits per heavy atom. The molecule has 0 bridgehead atoms. The lowest BCUT2D eigenvalue weighted by Crippen LogP contribution is -2.43. The van der Waals surface area contributed by atoms with Crippen LogP contribution >= 0.6 is 23.2 Å². The van der Waals surface area contributed by atoms with E-state index >= 15 is 0 Å². The Labute approximate surface area is 200 Å². The summed E-state index contributed by atoms with van der Waals surface area (Å²) in [6.45, 7) is 0. The molecule has 2 N–H and O–H groups in total. The third-order valence-electron chi connectivity index (χ3n) is 5.24. The number of para-hydroxylation sites is 1. The van der Waals surface area contributed by atoms with Crippen molar-refractivity contribution in [1.29, 1.82) is 0 Å². The Morgan fingerprint density at radius 2 is 2.03 bits per heavy atom. The molecule has 2 aromatic heterocycles. The summed E-state index contributed by atoms with van der Waals surface area (Å²) in [6, 6.07) is 12.0.